The lowest BCUT2D eigenvalue weighted by atomic mass is 10.2. The minimum absolute atomic E-state index is 0.0209. The van der Waals surface area contributed by atoms with Gasteiger partial charge in [0.25, 0.3) is 5.91 Å². The van der Waals surface area contributed by atoms with Gasteiger partial charge in [0, 0.05) is 23.5 Å². The van der Waals surface area contributed by atoms with Crippen LogP contribution in [0.25, 0.3) is 11.5 Å². The molecule has 0 atom stereocenters. The van der Waals surface area contributed by atoms with Crippen molar-refractivity contribution >= 4 is 5.91 Å². The van der Waals surface area contributed by atoms with Gasteiger partial charge in [-0.1, -0.05) is 18.2 Å². The molecule has 6 heteroatoms. The molecule has 0 saturated heterocycles. The summed E-state index contributed by atoms with van der Waals surface area (Å²) in [5.74, 6) is 1.63. The number of aromatic nitrogens is 3. The zero-order valence-corrected chi connectivity index (χ0v) is 16.9. The molecule has 1 aliphatic rings. The van der Waals surface area contributed by atoms with E-state index in [2.05, 4.69) is 29.7 Å². The minimum Gasteiger partial charge on any atom is -0.497 e. The Morgan fingerprint density at radius 3 is 2.57 bits per heavy atom. The Morgan fingerprint density at radius 1 is 1.00 bits per heavy atom. The SMILES string of the molecule is COc1cccc(C(=O)N2Cc3nn(-c4cccc(C)c4)c(-n4cccc4)c3C2)c1. The first-order chi connectivity index (χ1) is 14.6. The molecular formula is C24H22N4O2. The summed E-state index contributed by atoms with van der Waals surface area (Å²) in [4.78, 5) is 14.9. The number of fused-ring (bicyclic) bond motifs is 1. The minimum atomic E-state index is -0.0209. The van der Waals surface area contributed by atoms with E-state index in [1.54, 1.807) is 13.2 Å². The fraction of sp³-hybridized carbons (Fsp3) is 0.167. The maximum Gasteiger partial charge on any atom is 0.254 e. The van der Waals surface area contributed by atoms with Crippen molar-refractivity contribution in [3.05, 3.63) is 95.4 Å². The Balaban J connectivity index is 1.53. The number of carbonyl (C=O) groups excluding carboxylic acids is 1. The molecule has 2 aromatic heterocycles. The molecule has 0 fully saturated rings. The van der Waals surface area contributed by atoms with Crippen molar-refractivity contribution in [2.24, 2.45) is 0 Å². The van der Waals surface area contributed by atoms with Crippen LogP contribution < -0.4 is 4.74 Å². The number of methoxy groups -OCH3 is 1. The molecule has 2 aromatic carbocycles. The van der Waals surface area contributed by atoms with Gasteiger partial charge in [-0.3, -0.25) is 4.79 Å². The van der Waals surface area contributed by atoms with Crippen LogP contribution >= 0.6 is 0 Å². The number of hydrogen-bond donors (Lipinski definition) is 0. The summed E-state index contributed by atoms with van der Waals surface area (Å²) in [5.41, 5.74) is 4.81. The number of carbonyl (C=O) groups is 1. The van der Waals surface area contributed by atoms with Gasteiger partial charge in [-0.25, -0.2) is 4.68 Å². The van der Waals surface area contributed by atoms with Gasteiger partial charge in [-0.05, 0) is 55.0 Å². The molecule has 0 aliphatic carbocycles. The first-order valence-corrected chi connectivity index (χ1v) is 9.88. The molecule has 0 radical (unpaired) electrons. The van der Waals surface area contributed by atoms with Crippen LogP contribution in [0.15, 0.2) is 73.1 Å². The van der Waals surface area contributed by atoms with Gasteiger partial charge in [0.15, 0.2) is 0 Å². The van der Waals surface area contributed by atoms with Gasteiger partial charge in [0.05, 0.1) is 31.6 Å². The monoisotopic (exact) mass is 398 g/mol. The Morgan fingerprint density at radius 2 is 1.80 bits per heavy atom. The molecule has 0 saturated carbocycles. The van der Waals surface area contributed by atoms with E-state index >= 15 is 0 Å². The van der Waals surface area contributed by atoms with Gasteiger partial charge in [-0.2, -0.15) is 5.10 Å². The molecule has 0 unspecified atom stereocenters. The Labute approximate surface area is 174 Å². The summed E-state index contributed by atoms with van der Waals surface area (Å²) >= 11 is 0. The maximum absolute atomic E-state index is 13.1. The lowest BCUT2D eigenvalue weighted by Gasteiger charge is -2.18. The Kier molecular flexibility index (Phi) is 4.39. The van der Waals surface area contributed by atoms with Crippen LogP contribution in [0.1, 0.15) is 27.2 Å². The number of amides is 1. The second kappa shape index (κ2) is 7.22. The normalized spacial score (nSPS) is 12.8. The first kappa shape index (κ1) is 18.2. The highest BCUT2D eigenvalue weighted by Gasteiger charge is 2.32. The predicted molar refractivity (Wildman–Crippen MR) is 114 cm³/mol. The topological polar surface area (TPSA) is 52.3 Å². The van der Waals surface area contributed by atoms with E-state index in [-0.39, 0.29) is 5.91 Å². The fourth-order valence-electron chi connectivity index (χ4n) is 3.96. The Bertz CT molecular complexity index is 1220. The highest BCUT2D eigenvalue weighted by molar-refractivity contribution is 5.95. The molecule has 3 heterocycles. The number of ether oxygens (including phenoxy) is 1. The highest BCUT2D eigenvalue weighted by Crippen LogP contribution is 2.31. The van der Waals surface area contributed by atoms with Crippen molar-refractivity contribution in [2.75, 3.05) is 7.11 Å². The maximum atomic E-state index is 13.1. The van der Waals surface area contributed by atoms with Gasteiger partial charge in [0.1, 0.15) is 11.6 Å². The van der Waals surface area contributed by atoms with Crippen molar-refractivity contribution < 1.29 is 9.53 Å². The van der Waals surface area contributed by atoms with Crippen LogP contribution in [0.2, 0.25) is 0 Å². The summed E-state index contributed by atoms with van der Waals surface area (Å²) in [6.07, 6.45) is 4.02. The molecule has 5 rings (SSSR count). The molecule has 4 aromatic rings. The zero-order chi connectivity index (χ0) is 20.7. The van der Waals surface area contributed by atoms with Crippen LogP contribution in [-0.4, -0.2) is 32.3 Å². The lowest BCUT2D eigenvalue weighted by Crippen LogP contribution is -2.26. The van der Waals surface area contributed by atoms with Crippen molar-refractivity contribution in [3.63, 3.8) is 0 Å². The third kappa shape index (κ3) is 3.06. The van der Waals surface area contributed by atoms with Crippen LogP contribution in [0.3, 0.4) is 0 Å². The van der Waals surface area contributed by atoms with Crippen molar-refractivity contribution in [1.82, 2.24) is 19.2 Å². The van der Waals surface area contributed by atoms with Crippen LogP contribution in [-0.2, 0) is 13.1 Å². The van der Waals surface area contributed by atoms with Gasteiger partial charge >= 0.3 is 0 Å². The smallest absolute Gasteiger partial charge is 0.254 e. The fourth-order valence-corrected chi connectivity index (χ4v) is 3.96. The summed E-state index contributed by atoms with van der Waals surface area (Å²) in [7, 11) is 1.60. The van der Waals surface area contributed by atoms with E-state index in [1.807, 2.05) is 58.4 Å². The number of rotatable bonds is 4. The molecular weight excluding hydrogens is 376 g/mol. The van der Waals surface area contributed by atoms with E-state index in [0.29, 0.717) is 24.4 Å². The standard InChI is InChI=1S/C24H22N4O2/c1-17-7-5-9-19(13-17)28-23(26-11-3-4-12-26)21-15-27(16-22(21)25-28)24(29)18-8-6-10-20(14-18)30-2/h3-14H,15-16H2,1-2H3. The van der Waals surface area contributed by atoms with Crippen molar-refractivity contribution in [2.45, 2.75) is 20.0 Å². The molecule has 0 bridgehead atoms. The van der Waals surface area contributed by atoms with E-state index in [4.69, 9.17) is 9.84 Å². The van der Waals surface area contributed by atoms with Crippen LogP contribution in [0.5, 0.6) is 5.75 Å². The quantitative estimate of drug-likeness (QED) is 0.519. The van der Waals surface area contributed by atoms with Crippen LogP contribution in [0.4, 0.5) is 0 Å². The van der Waals surface area contributed by atoms with E-state index in [0.717, 1.165) is 22.8 Å². The second-order valence-corrected chi connectivity index (χ2v) is 7.48. The molecule has 30 heavy (non-hydrogen) atoms. The van der Waals surface area contributed by atoms with E-state index < -0.39 is 0 Å². The summed E-state index contributed by atoms with van der Waals surface area (Å²) in [6.45, 7) is 3.08. The predicted octanol–water partition coefficient (Wildman–Crippen LogP) is 4.14. The van der Waals surface area contributed by atoms with Crippen LogP contribution in [0, 0.1) is 6.92 Å². The van der Waals surface area contributed by atoms with E-state index in [9.17, 15) is 4.79 Å². The lowest BCUT2D eigenvalue weighted by molar-refractivity contribution is 0.0749. The van der Waals surface area contributed by atoms with Crippen molar-refractivity contribution in [3.8, 4) is 17.3 Å². The van der Waals surface area contributed by atoms with Gasteiger partial charge in [0.2, 0.25) is 0 Å². The van der Waals surface area contributed by atoms with Gasteiger partial charge < -0.3 is 14.2 Å². The molecule has 0 spiro atoms. The molecule has 1 amide bonds. The average molecular weight is 398 g/mol. The molecule has 6 nitrogen and oxygen atoms in total. The summed E-state index contributed by atoms with van der Waals surface area (Å²) in [6, 6.07) is 19.5. The number of hydrogen-bond acceptors (Lipinski definition) is 3. The third-order valence-electron chi connectivity index (χ3n) is 5.43. The number of benzene rings is 2. The second-order valence-electron chi connectivity index (χ2n) is 7.48. The first-order valence-electron chi connectivity index (χ1n) is 9.88. The molecule has 150 valence electrons. The molecule has 1 aliphatic heterocycles. The third-order valence-corrected chi connectivity index (χ3v) is 5.43. The summed E-state index contributed by atoms with van der Waals surface area (Å²) in [5, 5.41) is 4.90. The van der Waals surface area contributed by atoms with Crippen molar-refractivity contribution in [1.29, 1.82) is 0 Å². The number of nitrogens with zero attached hydrogens (tertiary/aromatic N) is 4. The average Bonchev–Trinajstić information content (AvgIpc) is 3.49. The summed E-state index contributed by atoms with van der Waals surface area (Å²) < 4.78 is 9.31. The number of aryl methyl sites for hydroxylation is 1. The zero-order valence-electron chi connectivity index (χ0n) is 16.9. The largest absolute Gasteiger partial charge is 0.497 e. The Hall–Kier alpha value is -3.80. The highest BCUT2D eigenvalue weighted by atomic mass is 16.5. The van der Waals surface area contributed by atoms with Gasteiger partial charge in [-0.15, -0.1) is 0 Å². The molecule has 0 N–H and O–H groups in total. The van der Waals surface area contributed by atoms with E-state index in [1.165, 1.54) is 5.56 Å².